The average Bonchev–Trinajstić information content (AvgIpc) is 2.65. The monoisotopic (exact) mass is 276 g/mol. The second kappa shape index (κ2) is 5.60. The van der Waals surface area contributed by atoms with Crippen LogP contribution in [0.25, 0.3) is 10.9 Å². The second-order valence-corrected chi connectivity index (χ2v) is 4.45. The molecule has 0 aliphatic rings. The Bertz CT molecular complexity index is 681. The summed E-state index contributed by atoms with van der Waals surface area (Å²) >= 11 is 0. The van der Waals surface area contributed by atoms with Gasteiger partial charge in [-0.1, -0.05) is 0 Å². The quantitative estimate of drug-likeness (QED) is 0.559. The molecule has 0 atom stereocenters. The van der Waals surface area contributed by atoms with Crippen molar-refractivity contribution < 1.29 is 4.39 Å². The Labute approximate surface area is 115 Å². The molecule has 0 spiro atoms. The maximum atomic E-state index is 13.2. The molecule has 0 amide bonds. The van der Waals surface area contributed by atoms with Gasteiger partial charge >= 0.3 is 0 Å². The summed E-state index contributed by atoms with van der Waals surface area (Å²) in [5, 5.41) is 1.00. The van der Waals surface area contributed by atoms with Gasteiger partial charge in [-0.2, -0.15) is 4.99 Å². The summed E-state index contributed by atoms with van der Waals surface area (Å²) in [5.74, 6) is -0.316. The van der Waals surface area contributed by atoms with Crippen molar-refractivity contribution in [1.29, 1.82) is 0 Å². The lowest BCUT2D eigenvalue weighted by Gasteiger charge is -1.98. The Hall–Kier alpha value is -2.57. The van der Waals surface area contributed by atoms with E-state index in [1.165, 1.54) is 12.1 Å². The van der Waals surface area contributed by atoms with Crippen LogP contribution in [0.1, 0.15) is 5.56 Å². The molecule has 1 heterocycles. The number of guanidine groups is 2. The molecule has 0 aliphatic carbocycles. The highest BCUT2D eigenvalue weighted by Gasteiger charge is 2.07. The first-order valence-corrected chi connectivity index (χ1v) is 6.10. The predicted molar refractivity (Wildman–Crippen MR) is 78.9 cm³/mol. The van der Waals surface area contributed by atoms with Crippen LogP contribution in [0, 0.1) is 5.82 Å². The molecule has 1 aromatic heterocycles. The summed E-state index contributed by atoms with van der Waals surface area (Å²) in [6.07, 6.45) is 2.63. The van der Waals surface area contributed by atoms with E-state index in [4.69, 9.17) is 17.2 Å². The highest BCUT2D eigenvalue weighted by Crippen LogP contribution is 2.22. The number of fused-ring (bicyclic) bond motifs is 1. The topological polar surface area (TPSA) is 108 Å². The molecule has 0 fully saturated rings. The van der Waals surface area contributed by atoms with E-state index in [1.807, 2.05) is 17.8 Å². The van der Waals surface area contributed by atoms with Gasteiger partial charge in [0, 0.05) is 25.2 Å². The lowest BCUT2D eigenvalue weighted by atomic mass is 10.1. The van der Waals surface area contributed by atoms with Crippen molar-refractivity contribution in [3.8, 4) is 0 Å². The molecule has 0 radical (unpaired) electrons. The molecule has 0 aliphatic heterocycles. The number of aromatic nitrogens is 1. The maximum Gasteiger partial charge on any atom is 0.218 e. The van der Waals surface area contributed by atoms with Crippen molar-refractivity contribution in [2.45, 2.75) is 6.42 Å². The molecule has 0 saturated heterocycles. The molecule has 6 N–H and O–H groups in total. The van der Waals surface area contributed by atoms with Gasteiger partial charge < -0.3 is 21.8 Å². The average molecular weight is 276 g/mol. The van der Waals surface area contributed by atoms with E-state index in [1.54, 1.807) is 6.07 Å². The molecule has 20 heavy (non-hydrogen) atoms. The maximum absolute atomic E-state index is 13.2. The minimum Gasteiger partial charge on any atom is -0.370 e. The fourth-order valence-electron chi connectivity index (χ4n) is 2.10. The summed E-state index contributed by atoms with van der Waals surface area (Å²) in [4.78, 5) is 7.69. The Kier molecular flexibility index (Phi) is 3.88. The first kappa shape index (κ1) is 13.9. The summed E-state index contributed by atoms with van der Waals surface area (Å²) in [5.41, 5.74) is 17.8. The summed E-state index contributed by atoms with van der Waals surface area (Å²) in [6, 6.07) is 4.72. The third-order valence-electron chi connectivity index (χ3n) is 2.93. The van der Waals surface area contributed by atoms with Crippen molar-refractivity contribution in [2.24, 2.45) is 34.2 Å². The Morgan fingerprint density at radius 2 is 2.05 bits per heavy atom. The molecule has 2 rings (SSSR count). The number of aryl methyl sites for hydroxylation is 1. The molecule has 0 bridgehead atoms. The molecule has 106 valence electrons. The summed E-state index contributed by atoms with van der Waals surface area (Å²) in [6.45, 7) is 0.457. The SMILES string of the molecule is Cn1cc(CCN=C(N)N=C(N)N)c2ccc(F)cc21. The minimum absolute atomic E-state index is 0.0521. The summed E-state index contributed by atoms with van der Waals surface area (Å²) < 4.78 is 15.1. The van der Waals surface area contributed by atoms with E-state index in [0.717, 1.165) is 16.5 Å². The highest BCUT2D eigenvalue weighted by molar-refractivity contribution is 5.92. The van der Waals surface area contributed by atoms with Crippen LogP contribution in [-0.4, -0.2) is 23.0 Å². The number of nitrogens with two attached hydrogens (primary N) is 3. The Balaban J connectivity index is 2.17. The largest absolute Gasteiger partial charge is 0.370 e. The van der Waals surface area contributed by atoms with Crippen LogP contribution >= 0.6 is 0 Å². The molecule has 7 heteroatoms. The molecular weight excluding hydrogens is 259 g/mol. The number of hydrogen-bond acceptors (Lipinski definition) is 1. The van der Waals surface area contributed by atoms with Crippen LogP contribution in [0.4, 0.5) is 4.39 Å². The third kappa shape index (κ3) is 3.05. The number of benzene rings is 1. The van der Waals surface area contributed by atoms with Gasteiger partial charge in [-0.05, 0) is 30.2 Å². The third-order valence-corrected chi connectivity index (χ3v) is 2.93. The predicted octanol–water partition coefficient (Wildman–Crippen LogP) is 0.448. The van der Waals surface area contributed by atoms with Crippen molar-refractivity contribution in [3.63, 3.8) is 0 Å². The van der Waals surface area contributed by atoms with Crippen LogP contribution < -0.4 is 17.2 Å². The van der Waals surface area contributed by atoms with Gasteiger partial charge in [-0.25, -0.2) is 4.39 Å². The van der Waals surface area contributed by atoms with Crippen LogP contribution in [0.15, 0.2) is 34.4 Å². The van der Waals surface area contributed by atoms with E-state index in [0.29, 0.717) is 13.0 Å². The van der Waals surface area contributed by atoms with Gasteiger partial charge in [0.05, 0.1) is 5.52 Å². The Morgan fingerprint density at radius 3 is 2.75 bits per heavy atom. The van der Waals surface area contributed by atoms with E-state index in [9.17, 15) is 4.39 Å². The van der Waals surface area contributed by atoms with Crippen molar-refractivity contribution in [1.82, 2.24) is 4.57 Å². The lowest BCUT2D eigenvalue weighted by molar-refractivity contribution is 0.629. The van der Waals surface area contributed by atoms with Crippen LogP contribution in [0.2, 0.25) is 0 Å². The van der Waals surface area contributed by atoms with Crippen molar-refractivity contribution >= 4 is 22.8 Å². The van der Waals surface area contributed by atoms with E-state index in [2.05, 4.69) is 9.98 Å². The van der Waals surface area contributed by atoms with Gasteiger partial charge in [0.2, 0.25) is 5.96 Å². The summed E-state index contributed by atoms with van der Waals surface area (Å²) in [7, 11) is 1.88. The Morgan fingerprint density at radius 1 is 1.30 bits per heavy atom. The fourth-order valence-corrected chi connectivity index (χ4v) is 2.10. The molecule has 1 aromatic carbocycles. The zero-order valence-corrected chi connectivity index (χ0v) is 11.2. The number of aliphatic imine (C=N–C) groups is 2. The standard InChI is InChI=1S/C13H17FN6/c1-20-7-8(4-5-18-13(17)19-12(15)16)10-3-2-9(14)6-11(10)20/h2-3,6-7H,4-5H2,1H3,(H6,15,16,17,18,19). The lowest BCUT2D eigenvalue weighted by Crippen LogP contribution is -2.26. The molecule has 0 unspecified atom stereocenters. The van der Waals surface area contributed by atoms with Gasteiger partial charge in [-0.3, -0.25) is 4.99 Å². The number of rotatable bonds is 3. The zero-order valence-electron chi connectivity index (χ0n) is 11.2. The van der Waals surface area contributed by atoms with E-state index in [-0.39, 0.29) is 17.7 Å². The van der Waals surface area contributed by atoms with Crippen molar-refractivity contribution in [3.05, 3.63) is 35.8 Å². The highest BCUT2D eigenvalue weighted by atomic mass is 19.1. The van der Waals surface area contributed by atoms with Gasteiger partial charge in [-0.15, -0.1) is 0 Å². The molecule has 2 aromatic rings. The van der Waals surface area contributed by atoms with Crippen molar-refractivity contribution in [2.75, 3.05) is 6.54 Å². The number of halogens is 1. The molecular formula is C13H17FN6. The fraction of sp³-hybridized carbons (Fsp3) is 0.231. The van der Waals surface area contributed by atoms with Crippen LogP contribution in [0.5, 0.6) is 0 Å². The van der Waals surface area contributed by atoms with E-state index < -0.39 is 0 Å². The first-order chi connectivity index (χ1) is 9.47. The second-order valence-electron chi connectivity index (χ2n) is 4.45. The van der Waals surface area contributed by atoms with Gasteiger partial charge in [0.1, 0.15) is 5.82 Å². The smallest absolute Gasteiger partial charge is 0.218 e. The van der Waals surface area contributed by atoms with Gasteiger partial charge in [0.25, 0.3) is 0 Å². The molecule has 0 saturated carbocycles. The van der Waals surface area contributed by atoms with Gasteiger partial charge in [0.15, 0.2) is 5.96 Å². The van der Waals surface area contributed by atoms with E-state index >= 15 is 0 Å². The normalized spacial score (nSPS) is 11.8. The zero-order chi connectivity index (χ0) is 14.7. The number of hydrogen-bond donors (Lipinski definition) is 3. The minimum atomic E-state index is -0.250. The van der Waals surface area contributed by atoms with Crippen LogP contribution in [0.3, 0.4) is 0 Å². The molecule has 6 nitrogen and oxygen atoms in total. The van der Waals surface area contributed by atoms with Crippen LogP contribution in [-0.2, 0) is 13.5 Å². The number of nitrogens with zero attached hydrogens (tertiary/aromatic N) is 3. The first-order valence-electron chi connectivity index (χ1n) is 6.10.